The van der Waals surface area contributed by atoms with Crippen LogP contribution in [-0.2, 0) is 10.8 Å². The van der Waals surface area contributed by atoms with E-state index in [9.17, 15) is 0 Å². The molecule has 0 aliphatic heterocycles. The quantitative estimate of drug-likeness (QED) is 0.120. The van der Waals surface area contributed by atoms with Crippen molar-refractivity contribution >= 4 is 41.3 Å². The molecule has 0 saturated carbocycles. The van der Waals surface area contributed by atoms with Crippen molar-refractivity contribution in [2.45, 2.75) is 49.7 Å². The SMILES string of the molecule is CC[Si](CC)(CC)c1ccc2c(c1)C(c1ccccc1)(c1ccccc1)c1cc(N(c3ccc4c(c3)C(c3ccccc3)(c3ccccc3)c3ccccc3-4)c3ccc4occc4c3)ccc1-2. The van der Waals surface area contributed by atoms with Crippen LogP contribution in [0.2, 0.25) is 18.1 Å². The van der Waals surface area contributed by atoms with Crippen molar-refractivity contribution in [3.8, 4) is 22.3 Å². The van der Waals surface area contributed by atoms with Gasteiger partial charge in [-0.15, -0.1) is 0 Å². The average molecular weight is 880 g/mol. The molecule has 3 heteroatoms. The van der Waals surface area contributed by atoms with E-state index in [2.05, 4.69) is 250 Å². The normalized spacial score (nSPS) is 14.0. The minimum atomic E-state index is -1.75. The van der Waals surface area contributed by atoms with Gasteiger partial charge in [0.25, 0.3) is 0 Å². The zero-order valence-corrected chi connectivity index (χ0v) is 39.4. The van der Waals surface area contributed by atoms with Crippen molar-refractivity contribution < 1.29 is 4.42 Å². The second-order valence-corrected chi connectivity index (χ2v) is 23.8. The van der Waals surface area contributed by atoms with Gasteiger partial charge in [0.05, 0.1) is 25.2 Å². The highest BCUT2D eigenvalue weighted by atomic mass is 28.3. The van der Waals surface area contributed by atoms with Crippen LogP contribution >= 0.6 is 0 Å². The van der Waals surface area contributed by atoms with Crippen LogP contribution in [0.5, 0.6) is 0 Å². The first-order valence-electron chi connectivity index (χ1n) is 24.1. The van der Waals surface area contributed by atoms with Crippen LogP contribution in [0.4, 0.5) is 17.1 Å². The number of nitrogens with zero attached hydrogens (tertiary/aromatic N) is 1. The second-order valence-electron chi connectivity index (χ2n) is 18.5. The first-order valence-corrected chi connectivity index (χ1v) is 26.7. The third-order valence-corrected chi connectivity index (χ3v) is 21.4. The van der Waals surface area contributed by atoms with Gasteiger partial charge in [0.15, 0.2) is 0 Å². The summed E-state index contributed by atoms with van der Waals surface area (Å²) in [5.74, 6) is 0. The van der Waals surface area contributed by atoms with Gasteiger partial charge in [0, 0.05) is 22.4 Å². The summed E-state index contributed by atoms with van der Waals surface area (Å²) < 4.78 is 5.95. The molecule has 0 fully saturated rings. The Morgan fingerprint density at radius 2 is 0.776 bits per heavy atom. The van der Waals surface area contributed by atoms with Gasteiger partial charge in [-0.25, -0.2) is 0 Å². The Morgan fingerprint density at radius 1 is 0.373 bits per heavy atom. The molecule has 0 spiro atoms. The summed E-state index contributed by atoms with van der Waals surface area (Å²) in [6.45, 7) is 7.27. The molecular weight excluding hydrogens is 827 g/mol. The Hall–Kier alpha value is -7.46. The van der Waals surface area contributed by atoms with Crippen LogP contribution in [0.3, 0.4) is 0 Å². The maximum absolute atomic E-state index is 5.95. The lowest BCUT2D eigenvalue weighted by Gasteiger charge is -2.36. The third kappa shape index (κ3) is 6.00. The minimum Gasteiger partial charge on any atom is -0.464 e. The minimum absolute atomic E-state index is 0.536. The number of anilines is 3. The van der Waals surface area contributed by atoms with E-state index in [1.165, 1.54) is 84.9 Å². The molecule has 12 rings (SSSR count). The number of rotatable bonds is 11. The Balaban J connectivity index is 1.14. The summed E-state index contributed by atoms with van der Waals surface area (Å²) in [6, 6.07) is 88.3. The Labute approximate surface area is 395 Å². The zero-order chi connectivity index (χ0) is 45.2. The molecule has 67 heavy (non-hydrogen) atoms. The topological polar surface area (TPSA) is 16.4 Å². The van der Waals surface area contributed by atoms with Crippen molar-refractivity contribution in [1.29, 1.82) is 0 Å². The van der Waals surface area contributed by atoms with Crippen LogP contribution in [0, 0.1) is 0 Å². The van der Waals surface area contributed by atoms with Gasteiger partial charge in [-0.3, -0.25) is 0 Å². The molecule has 324 valence electrons. The number of furan rings is 1. The number of hydrogen-bond donors (Lipinski definition) is 0. The summed E-state index contributed by atoms with van der Waals surface area (Å²) >= 11 is 0. The molecule has 0 amide bonds. The highest BCUT2D eigenvalue weighted by Gasteiger charge is 2.49. The molecular formula is C64H53NOSi. The molecule has 9 aromatic carbocycles. The summed E-state index contributed by atoms with van der Waals surface area (Å²) in [4.78, 5) is 2.48. The van der Waals surface area contributed by atoms with Crippen LogP contribution in [0.15, 0.2) is 235 Å². The fraction of sp³-hybridized carbons (Fsp3) is 0.125. The Morgan fingerprint density at radius 3 is 1.28 bits per heavy atom. The van der Waals surface area contributed by atoms with Crippen molar-refractivity contribution in [1.82, 2.24) is 0 Å². The summed E-state index contributed by atoms with van der Waals surface area (Å²) in [5.41, 5.74) is 18.5. The summed E-state index contributed by atoms with van der Waals surface area (Å²) in [6.07, 6.45) is 1.79. The summed E-state index contributed by atoms with van der Waals surface area (Å²) in [7, 11) is -1.75. The van der Waals surface area contributed by atoms with Gasteiger partial charge in [0.2, 0.25) is 0 Å². The number of fused-ring (bicyclic) bond motifs is 7. The fourth-order valence-electron chi connectivity index (χ4n) is 12.4. The highest BCUT2D eigenvalue weighted by Crippen LogP contribution is 2.59. The van der Waals surface area contributed by atoms with Gasteiger partial charge in [-0.2, -0.15) is 0 Å². The standard InChI is InChI=1S/C64H53NOSi/c1-4-67(5-2,6-3)53-34-37-57-56-36-32-52(43-60(56)64(61(57)44-53,48-25-15-9-16-26-48)49-27-17-10-18-28-49)65(50-33-38-62-45(41-50)39-40-66-62)51-31-35-55-54-29-19-20-30-58(54)63(59(55)42-51,46-21-11-7-12-22-46)47-23-13-8-14-24-47/h7-44H,4-6H2,1-3H3. The van der Waals surface area contributed by atoms with E-state index in [1.54, 1.807) is 11.4 Å². The molecule has 0 atom stereocenters. The summed E-state index contributed by atoms with van der Waals surface area (Å²) in [5, 5.41) is 2.64. The average Bonchev–Trinajstić information content (AvgIpc) is 4.08. The molecule has 1 aromatic heterocycles. The molecule has 2 aliphatic carbocycles. The van der Waals surface area contributed by atoms with E-state index in [0.717, 1.165) is 28.0 Å². The van der Waals surface area contributed by atoms with E-state index >= 15 is 0 Å². The van der Waals surface area contributed by atoms with Crippen LogP contribution < -0.4 is 10.1 Å². The molecule has 0 N–H and O–H groups in total. The molecule has 0 bridgehead atoms. The highest BCUT2D eigenvalue weighted by molar-refractivity contribution is 6.91. The van der Waals surface area contributed by atoms with Gasteiger partial charge >= 0.3 is 0 Å². The van der Waals surface area contributed by atoms with Gasteiger partial charge < -0.3 is 9.32 Å². The maximum atomic E-state index is 5.95. The monoisotopic (exact) mass is 879 g/mol. The fourth-order valence-corrected chi connectivity index (χ4v) is 16.0. The predicted molar refractivity (Wildman–Crippen MR) is 282 cm³/mol. The van der Waals surface area contributed by atoms with E-state index < -0.39 is 18.9 Å². The van der Waals surface area contributed by atoms with Crippen LogP contribution in [0.1, 0.15) is 65.3 Å². The van der Waals surface area contributed by atoms with Crippen LogP contribution in [-0.4, -0.2) is 8.07 Å². The molecule has 0 radical (unpaired) electrons. The first-order chi connectivity index (χ1) is 33.0. The molecule has 2 aliphatic rings. The van der Waals surface area contributed by atoms with Gasteiger partial charge in [-0.1, -0.05) is 220 Å². The van der Waals surface area contributed by atoms with Crippen molar-refractivity contribution in [2.24, 2.45) is 0 Å². The van der Waals surface area contributed by atoms with Crippen LogP contribution in [0.25, 0.3) is 33.2 Å². The second kappa shape index (κ2) is 16.2. The number of hydrogen-bond acceptors (Lipinski definition) is 2. The van der Waals surface area contributed by atoms with Crippen molar-refractivity contribution in [3.63, 3.8) is 0 Å². The van der Waals surface area contributed by atoms with Crippen molar-refractivity contribution in [3.05, 3.63) is 275 Å². The Bertz CT molecular complexity index is 3340. The molecule has 0 unspecified atom stereocenters. The van der Waals surface area contributed by atoms with E-state index in [-0.39, 0.29) is 0 Å². The molecule has 10 aromatic rings. The first kappa shape index (κ1) is 41.0. The Kier molecular flexibility index (Phi) is 9.88. The predicted octanol–water partition coefficient (Wildman–Crippen LogP) is 16.3. The largest absolute Gasteiger partial charge is 0.464 e. The lowest BCUT2D eigenvalue weighted by atomic mass is 9.67. The van der Waals surface area contributed by atoms with E-state index in [1.807, 2.05) is 0 Å². The number of benzene rings is 9. The van der Waals surface area contributed by atoms with E-state index in [4.69, 9.17) is 4.42 Å². The third-order valence-electron chi connectivity index (χ3n) is 15.8. The lowest BCUT2D eigenvalue weighted by Crippen LogP contribution is -2.46. The van der Waals surface area contributed by atoms with E-state index in [0.29, 0.717) is 0 Å². The molecule has 2 nitrogen and oxygen atoms in total. The van der Waals surface area contributed by atoms with Gasteiger partial charge in [-0.05, 0) is 115 Å². The van der Waals surface area contributed by atoms with Gasteiger partial charge in [0.1, 0.15) is 5.58 Å². The smallest absolute Gasteiger partial charge is 0.133 e. The molecule has 1 heterocycles. The lowest BCUT2D eigenvalue weighted by molar-refractivity contribution is 0.616. The maximum Gasteiger partial charge on any atom is 0.133 e. The van der Waals surface area contributed by atoms with Crippen molar-refractivity contribution in [2.75, 3.05) is 4.90 Å². The zero-order valence-electron chi connectivity index (χ0n) is 38.4. The molecule has 0 saturated heterocycles.